The molecule has 3 fully saturated rings. The topological polar surface area (TPSA) is 274 Å². The van der Waals surface area contributed by atoms with Crippen molar-refractivity contribution in [1.29, 1.82) is 0 Å². The number of ether oxygens (including phenoxy) is 8. The van der Waals surface area contributed by atoms with E-state index in [1.54, 1.807) is 35.2 Å². The zero-order valence-corrected chi connectivity index (χ0v) is 89.2. The second-order valence-corrected chi connectivity index (χ2v) is 42.3. The third-order valence-corrected chi connectivity index (χ3v) is 24.5. The first kappa shape index (κ1) is 122. The number of halogens is 4. The molecule has 0 radical (unpaired) electrons. The number of carbonyl (C=O) groups excluding carboxylic acids is 5. The highest BCUT2D eigenvalue weighted by atomic mass is 79.9. The van der Waals surface area contributed by atoms with Gasteiger partial charge in [0.2, 0.25) is 11.8 Å². The van der Waals surface area contributed by atoms with Crippen LogP contribution >= 0.6 is 58.9 Å². The van der Waals surface area contributed by atoms with Crippen LogP contribution in [0.5, 0.6) is 23.0 Å². The Balaban J connectivity index is 0.000000266. The maximum absolute atomic E-state index is 11.3. The summed E-state index contributed by atoms with van der Waals surface area (Å²) in [6.45, 7) is 18.4. The van der Waals surface area contributed by atoms with Crippen molar-refractivity contribution in [3.05, 3.63) is 332 Å². The van der Waals surface area contributed by atoms with E-state index in [4.69, 9.17) is 50.4 Å². The summed E-state index contributed by atoms with van der Waals surface area (Å²) in [6.07, 6.45) is 26.5. The fourth-order valence-electron chi connectivity index (χ4n) is 15.9. The average molecular weight is 2180 g/mol. The number of esters is 3. The lowest BCUT2D eigenvalue weighted by Gasteiger charge is -2.26. The van der Waals surface area contributed by atoms with Crippen LogP contribution in [0, 0.1) is 6.92 Å². The first-order valence-corrected chi connectivity index (χ1v) is 53.3. The molecule has 0 aliphatic carbocycles. The maximum atomic E-state index is 11.3. The van der Waals surface area contributed by atoms with Crippen LogP contribution in [-0.4, -0.2) is 207 Å². The van der Waals surface area contributed by atoms with E-state index in [9.17, 15) is 34.2 Å². The van der Waals surface area contributed by atoms with Crippen LogP contribution in [0.25, 0.3) is 0 Å². The number of aromatic hydroxyl groups is 2. The second kappa shape index (κ2) is 75.9. The number of alkyl halides is 1. The molecule has 0 unspecified atom stereocenters. The summed E-state index contributed by atoms with van der Waals surface area (Å²) in [5.41, 5.74) is 22.5. The molecule has 3 aliphatic heterocycles. The molecule has 3 aliphatic rings. The van der Waals surface area contributed by atoms with E-state index in [1.165, 1.54) is 95.4 Å². The molecular formula is C116H154BBr3ClN5O17. The third kappa shape index (κ3) is 57.6. The Morgan fingerprint density at radius 3 is 0.706 bits per heavy atom. The van der Waals surface area contributed by atoms with Gasteiger partial charge in [-0.15, -0.1) is 58.9 Å². The van der Waals surface area contributed by atoms with Crippen molar-refractivity contribution in [3.63, 3.8) is 0 Å². The fourth-order valence-corrected chi connectivity index (χ4v) is 16.0. The van der Waals surface area contributed by atoms with Crippen LogP contribution in [0.1, 0.15) is 180 Å². The number of hydrogen-bond acceptors (Lipinski definition) is 20. The molecule has 10 aromatic rings. The minimum Gasteiger partial charge on any atom is -0.508 e. The molecule has 0 bridgehead atoms. The van der Waals surface area contributed by atoms with E-state index in [-0.39, 0.29) is 41.4 Å². The van der Waals surface area contributed by atoms with Gasteiger partial charge in [-0.2, -0.15) is 0 Å². The summed E-state index contributed by atoms with van der Waals surface area (Å²) in [5.74, 6) is 1.91. The number of nitrogens with one attached hydrogen (secondary N) is 2. The highest BCUT2D eigenvalue weighted by molar-refractivity contribution is 9.69. The average Bonchev–Trinajstić information content (AvgIpc) is 0.911. The Labute approximate surface area is 881 Å². The molecule has 0 aromatic heterocycles. The van der Waals surface area contributed by atoms with Crippen molar-refractivity contribution in [2.24, 2.45) is 0 Å². The minimum atomic E-state index is -0.401. The van der Waals surface area contributed by atoms with Crippen molar-refractivity contribution in [2.45, 2.75) is 194 Å². The number of hydroxylamine groups is 2. The molecule has 10 aromatic carbocycles. The molecule has 6 N–H and O–H groups in total. The number of aryl methyl sites for hydroxylation is 11. The van der Waals surface area contributed by atoms with E-state index in [2.05, 4.69) is 200 Å². The van der Waals surface area contributed by atoms with Crippen molar-refractivity contribution >= 4 is 91.8 Å². The van der Waals surface area contributed by atoms with Crippen molar-refractivity contribution in [1.82, 2.24) is 25.7 Å². The van der Waals surface area contributed by atoms with Crippen molar-refractivity contribution in [2.75, 3.05) is 139 Å². The zero-order valence-electron chi connectivity index (χ0n) is 83.6. The van der Waals surface area contributed by atoms with Gasteiger partial charge in [-0.3, -0.25) is 49.1 Å². The third-order valence-electron chi connectivity index (χ3n) is 24.3. The Bertz CT molecular complexity index is 4610. The predicted molar refractivity (Wildman–Crippen MR) is 587 cm³/mol. The van der Waals surface area contributed by atoms with E-state index in [1.807, 2.05) is 97.1 Å². The number of unbranched alkanes of at least 4 members (excludes halogenated alkanes) is 5. The summed E-state index contributed by atoms with van der Waals surface area (Å²) in [4.78, 5) is 63.2. The summed E-state index contributed by atoms with van der Waals surface area (Å²) >= 11 is 14.9. The van der Waals surface area contributed by atoms with Crippen LogP contribution in [0.15, 0.2) is 243 Å². The van der Waals surface area contributed by atoms with Gasteiger partial charge in [0, 0.05) is 58.2 Å². The minimum absolute atomic E-state index is 0. The number of amides is 2. The highest BCUT2D eigenvalue weighted by Crippen LogP contribution is 2.23. The molecule has 143 heavy (non-hydrogen) atoms. The first-order chi connectivity index (χ1) is 69.1. The Hall–Kier alpha value is -9.78. The number of morpholine rings is 3. The fraction of sp³-hybridized carbons (Fsp3) is 0.440. The van der Waals surface area contributed by atoms with Gasteiger partial charge in [0.1, 0.15) is 23.0 Å². The highest BCUT2D eigenvalue weighted by Gasteiger charge is 2.15. The zero-order chi connectivity index (χ0) is 102. The quantitative estimate of drug-likeness (QED) is 0.00393. The number of hydrogen-bond donors (Lipinski definition) is 6. The summed E-state index contributed by atoms with van der Waals surface area (Å²) in [5, 5.41) is 35.5. The SMILES string of the molecule is BrB(Br)Br.C.COC(=O)Cc1ccc(CCCCc2ccc(C)cc2)cc1.COC(=O)Cc1ccc(CCCCc2ccc(O)cc2)cc1.COC(=O)Cc1ccc(CCCCc2ccc(OCCCN3CCOCC3)cc2)cc1.ClCCCN1CCOCC1.O=C(Cc1ccc(CCCCc2ccc(O)cc2)cc1)NO.O=C(Cc1ccc(CCCCc2ccc(OCCCN3CCOCC3)cc2)cc1)NO. The smallest absolute Gasteiger partial charge is 0.369 e. The molecule has 0 saturated carbocycles. The molecule has 3 saturated heterocycles. The molecule has 0 spiro atoms. The van der Waals surface area contributed by atoms with Crippen LogP contribution in [0.3, 0.4) is 0 Å². The molecular weight excluding hydrogens is 2020 g/mol. The van der Waals surface area contributed by atoms with E-state index in [0.29, 0.717) is 30.8 Å². The summed E-state index contributed by atoms with van der Waals surface area (Å²) in [7, 11) is 4.25. The van der Waals surface area contributed by atoms with Crippen LogP contribution in [0.2, 0.25) is 0 Å². The van der Waals surface area contributed by atoms with Crippen molar-refractivity contribution in [3.8, 4) is 23.0 Å². The van der Waals surface area contributed by atoms with Crippen LogP contribution in [0.4, 0.5) is 0 Å². The number of methoxy groups -OCH3 is 3. The lowest BCUT2D eigenvalue weighted by molar-refractivity contribution is -0.140. The van der Waals surface area contributed by atoms with E-state index < -0.39 is 11.8 Å². The van der Waals surface area contributed by atoms with E-state index in [0.717, 1.165) is 292 Å². The Morgan fingerprint density at radius 1 is 0.308 bits per heavy atom. The monoisotopic (exact) mass is 2170 g/mol. The summed E-state index contributed by atoms with van der Waals surface area (Å²) < 4.78 is 42.0. The molecule has 27 heteroatoms. The molecule has 2 amide bonds. The normalized spacial score (nSPS) is 12.7. The van der Waals surface area contributed by atoms with Gasteiger partial charge in [-0.1, -0.05) is 207 Å². The van der Waals surface area contributed by atoms with Crippen LogP contribution in [-0.2, 0) is 149 Å². The second-order valence-electron chi connectivity index (χ2n) is 35.5. The first-order valence-electron chi connectivity index (χ1n) is 50.0. The lowest BCUT2D eigenvalue weighted by atomic mass is 10.0. The molecule has 13 rings (SSSR count). The van der Waals surface area contributed by atoms with Gasteiger partial charge in [-0.25, -0.2) is 11.0 Å². The van der Waals surface area contributed by atoms with Crippen molar-refractivity contribution < 1.29 is 82.5 Å². The van der Waals surface area contributed by atoms with Crippen LogP contribution < -0.4 is 20.4 Å². The summed E-state index contributed by atoms with van der Waals surface area (Å²) in [6, 6.07) is 81.2. The maximum Gasteiger partial charge on any atom is 0.369 e. The number of phenols is 2. The number of nitrogens with zero attached hydrogens (tertiary/aromatic N) is 3. The lowest BCUT2D eigenvalue weighted by Crippen LogP contribution is -2.37. The molecule has 3 heterocycles. The van der Waals surface area contributed by atoms with Gasteiger partial charge >= 0.3 is 21.1 Å². The molecule has 776 valence electrons. The predicted octanol–water partition coefficient (Wildman–Crippen LogP) is 22.2. The Morgan fingerprint density at radius 2 is 0.497 bits per heavy atom. The van der Waals surface area contributed by atoms with Gasteiger partial charge in [-0.05, 0) is 293 Å². The van der Waals surface area contributed by atoms with E-state index >= 15 is 0 Å². The standard InChI is InChI=1S/C26H35NO4.C25H34N2O4.C20H24O2.C19H22O3.C18H21NO3.C7H14ClNO.CH4.BBr3/c1-29-26(28)21-24-9-7-22(8-10-24)5-2-3-6-23-11-13-25(14-12-23)31-18-4-15-27-16-19-30-20-17-27;28-25(26-29)20-23-8-6-21(7-9-23)4-1-2-5-22-10-12-24(13-11-22)31-17-3-14-27-15-18-30-19-16-27;1-16-7-9-17(10-8-16)5-3-4-6-18-11-13-19(14-12-18)15-20(21)22-2;1-22-19(21)14-17-8-6-15(7-9-17)4-2-3-5-16-10-12-18(20)13-11-16;20-17-11-9-15(10-12-17)4-2-1-3-14-5-7-16(8-6-14)13-18(21)19-22;8-2-1-3-9-4-6-10-7-5-9;;2-1(3)4/h7-14H,2-6,15-21H2,1H3;6-13,29H,1-5,14-20H2,(H,26,28);7-14H,3-6,15H2,1-2H3;6-13,20H,2-5,14H2,1H3;5-12,20,22H,1-4,13H2,(H,19,21);1-7H2;1H4;. The van der Waals surface area contributed by atoms with Gasteiger partial charge in [0.25, 0.3) is 0 Å². The van der Waals surface area contributed by atoms with Gasteiger partial charge in [0.15, 0.2) is 0 Å². The largest absolute Gasteiger partial charge is 0.508 e. The van der Waals surface area contributed by atoms with Gasteiger partial charge in [0.05, 0.1) is 106 Å². The number of carbonyl (C=O) groups is 5. The molecule has 22 nitrogen and oxygen atoms in total. The number of benzene rings is 10. The number of phenolic OH excluding ortho intramolecular Hbond substituents is 2. The van der Waals surface area contributed by atoms with Gasteiger partial charge < -0.3 is 48.1 Å². The molecule has 0 atom stereocenters. The number of rotatable bonds is 48. The Kier molecular flexibility index (Phi) is 64.7.